The summed E-state index contributed by atoms with van der Waals surface area (Å²) >= 11 is 0. The largest absolute Gasteiger partial charge is 0.493 e. The van der Waals surface area contributed by atoms with Crippen LogP contribution in [-0.4, -0.2) is 77.7 Å². The summed E-state index contributed by atoms with van der Waals surface area (Å²) in [6.45, 7) is 0.180. The lowest BCUT2D eigenvalue weighted by atomic mass is 10.1. The minimum Gasteiger partial charge on any atom is -0.493 e. The number of carbonyl (C=O) groups excluding carboxylic acids is 6. The van der Waals surface area contributed by atoms with Crippen LogP contribution < -0.4 is 25.0 Å². The molecule has 1 aromatic heterocycles. The van der Waals surface area contributed by atoms with E-state index in [1.54, 1.807) is 59.3 Å². The van der Waals surface area contributed by atoms with Gasteiger partial charge in [-0.05, 0) is 47.9 Å². The lowest BCUT2D eigenvalue weighted by molar-refractivity contribution is -0.197. The van der Waals surface area contributed by atoms with Crippen molar-refractivity contribution in [3.8, 4) is 22.6 Å². The van der Waals surface area contributed by atoms with Gasteiger partial charge in [0.15, 0.2) is 11.5 Å². The van der Waals surface area contributed by atoms with E-state index in [-0.39, 0.29) is 56.7 Å². The van der Waals surface area contributed by atoms with Gasteiger partial charge in [0, 0.05) is 74.7 Å². The molecule has 2 N–H and O–H groups in total. The maximum atomic E-state index is 13.6. The number of rotatable bonds is 13. The van der Waals surface area contributed by atoms with Crippen LogP contribution in [0.4, 0.5) is 17.1 Å². The van der Waals surface area contributed by atoms with E-state index in [1.165, 1.54) is 7.11 Å². The van der Waals surface area contributed by atoms with E-state index in [9.17, 15) is 28.8 Å². The first-order valence-electron chi connectivity index (χ1n) is 17.8. The molecule has 282 valence electrons. The summed E-state index contributed by atoms with van der Waals surface area (Å²) < 4.78 is 13.2. The molecule has 3 aliphatic rings. The smallest absolute Gasteiger partial charge is 0.334 e. The Balaban J connectivity index is 0.874. The van der Waals surface area contributed by atoms with Crippen molar-refractivity contribution in [2.24, 2.45) is 12.0 Å². The number of aromatic nitrogens is 1. The number of para-hydroxylation sites is 1. The van der Waals surface area contributed by atoms with Crippen LogP contribution >= 0.6 is 0 Å². The van der Waals surface area contributed by atoms with Crippen LogP contribution in [0, 0.1) is 0 Å². The number of benzene rings is 3. The fraction of sp³-hybridized carbons (Fsp3) is 0.275. The monoisotopic (exact) mass is 746 g/mol. The van der Waals surface area contributed by atoms with E-state index in [2.05, 4.69) is 15.6 Å². The maximum Gasteiger partial charge on any atom is 0.334 e. The van der Waals surface area contributed by atoms with Gasteiger partial charge in [-0.3, -0.25) is 33.9 Å². The molecular weight excluding hydrogens is 708 g/mol. The second kappa shape index (κ2) is 15.7. The normalized spacial score (nSPS) is 15.6. The van der Waals surface area contributed by atoms with Crippen molar-refractivity contribution in [2.75, 3.05) is 30.5 Å². The number of hydrogen-bond donors (Lipinski definition) is 2. The number of amides is 5. The van der Waals surface area contributed by atoms with Gasteiger partial charge in [0.05, 0.1) is 37.4 Å². The zero-order valence-electron chi connectivity index (χ0n) is 30.2. The van der Waals surface area contributed by atoms with Crippen molar-refractivity contribution in [2.45, 2.75) is 44.6 Å². The van der Waals surface area contributed by atoms with Crippen LogP contribution in [-0.2, 0) is 37.5 Å². The summed E-state index contributed by atoms with van der Waals surface area (Å²) in [6.07, 6.45) is 4.68. The highest BCUT2D eigenvalue weighted by molar-refractivity contribution is 6.14. The number of aliphatic imine (C=N–C) groups is 1. The number of methoxy groups -OCH3 is 1. The van der Waals surface area contributed by atoms with E-state index < -0.39 is 23.7 Å². The van der Waals surface area contributed by atoms with Gasteiger partial charge in [-0.1, -0.05) is 30.3 Å². The number of fused-ring (bicyclic) bond motifs is 4. The Bertz CT molecular complexity index is 2210. The van der Waals surface area contributed by atoms with E-state index >= 15 is 0 Å². The lowest BCUT2D eigenvalue weighted by Gasteiger charge is -2.22. The SMILES string of the molecule is COc1cc2c(cc1OCCCC(=O)Nc1ccc(-c3cc(C(=O)NCCC(=O)ON4C(=O)CCC4=O)n(C)c3)cc1)N=C[C@@H]1Cc3ccccc3N1C2=O. The van der Waals surface area contributed by atoms with Gasteiger partial charge in [0.25, 0.3) is 23.6 Å². The molecule has 4 heterocycles. The maximum absolute atomic E-state index is 13.6. The predicted molar refractivity (Wildman–Crippen MR) is 200 cm³/mol. The molecule has 3 aliphatic heterocycles. The first-order chi connectivity index (χ1) is 26.6. The molecule has 5 amide bonds. The highest BCUT2D eigenvalue weighted by Gasteiger charge is 2.36. The summed E-state index contributed by atoms with van der Waals surface area (Å²) in [5, 5.41) is 6.00. The van der Waals surface area contributed by atoms with Gasteiger partial charge >= 0.3 is 5.97 Å². The van der Waals surface area contributed by atoms with Gasteiger partial charge in [0.1, 0.15) is 5.69 Å². The van der Waals surface area contributed by atoms with Crippen LogP contribution in [0.25, 0.3) is 11.1 Å². The molecule has 0 spiro atoms. The lowest BCUT2D eigenvalue weighted by Crippen LogP contribution is -2.37. The molecule has 0 bridgehead atoms. The molecule has 0 unspecified atom stereocenters. The summed E-state index contributed by atoms with van der Waals surface area (Å²) in [5.74, 6) is -1.87. The third-order valence-corrected chi connectivity index (χ3v) is 9.49. The fourth-order valence-electron chi connectivity index (χ4n) is 6.70. The number of imide groups is 1. The second-order valence-electron chi connectivity index (χ2n) is 13.2. The molecule has 15 heteroatoms. The van der Waals surface area contributed by atoms with Gasteiger partial charge in [0.2, 0.25) is 5.91 Å². The van der Waals surface area contributed by atoms with Gasteiger partial charge in [-0.2, -0.15) is 0 Å². The third-order valence-electron chi connectivity index (χ3n) is 9.49. The van der Waals surface area contributed by atoms with Crippen LogP contribution in [0.5, 0.6) is 11.5 Å². The minimum atomic E-state index is -0.805. The third kappa shape index (κ3) is 7.81. The Hall–Kier alpha value is -6.77. The Morgan fingerprint density at radius 3 is 2.44 bits per heavy atom. The van der Waals surface area contributed by atoms with Crippen LogP contribution in [0.3, 0.4) is 0 Å². The molecule has 4 aromatic rings. The van der Waals surface area contributed by atoms with Gasteiger partial charge in [-0.15, -0.1) is 5.06 Å². The van der Waals surface area contributed by atoms with Crippen molar-refractivity contribution in [1.29, 1.82) is 0 Å². The van der Waals surface area contributed by atoms with Gasteiger partial charge < -0.3 is 29.5 Å². The highest BCUT2D eigenvalue weighted by atomic mass is 16.7. The Morgan fingerprint density at radius 1 is 0.909 bits per heavy atom. The van der Waals surface area contributed by atoms with Gasteiger partial charge in [-0.25, -0.2) is 4.79 Å². The first kappa shape index (κ1) is 36.6. The summed E-state index contributed by atoms with van der Waals surface area (Å²) in [5.41, 5.74) is 5.44. The number of anilines is 2. The molecule has 1 atom stereocenters. The first-order valence-corrected chi connectivity index (χ1v) is 17.8. The molecule has 3 aromatic carbocycles. The van der Waals surface area contributed by atoms with E-state index in [0.717, 1.165) is 22.4 Å². The molecule has 0 radical (unpaired) electrons. The molecular formula is C40H38N6O9. The van der Waals surface area contributed by atoms with Crippen molar-refractivity contribution in [3.63, 3.8) is 0 Å². The summed E-state index contributed by atoms with van der Waals surface area (Å²) in [6, 6.07) is 19.9. The van der Waals surface area contributed by atoms with Crippen LogP contribution in [0.15, 0.2) is 77.9 Å². The molecule has 0 saturated carbocycles. The zero-order chi connectivity index (χ0) is 38.6. The molecule has 15 nitrogen and oxygen atoms in total. The van der Waals surface area contributed by atoms with E-state index in [4.69, 9.17) is 14.3 Å². The minimum absolute atomic E-state index is 0.0000549. The summed E-state index contributed by atoms with van der Waals surface area (Å²) in [4.78, 5) is 85.7. The number of aryl methyl sites for hydroxylation is 1. The van der Waals surface area contributed by atoms with Crippen LogP contribution in [0.1, 0.15) is 58.5 Å². The number of nitrogens with zero attached hydrogens (tertiary/aromatic N) is 4. The average Bonchev–Trinajstić information content (AvgIpc) is 3.83. The molecule has 1 saturated heterocycles. The summed E-state index contributed by atoms with van der Waals surface area (Å²) in [7, 11) is 3.23. The number of hydroxylamine groups is 2. The number of hydrogen-bond acceptors (Lipinski definition) is 10. The fourth-order valence-corrected chi connectivity index (χ4v) is 6.70. The Labute approximate surface area is 315 Å². The molecule has 7 rings (SSSR count). The molecule has 0 aliphatic carbocycles. The molecule has 1 fully saturated rings. The average molecular weight is 747 g/mol. The van der Waals surface area contributed by atoms with E-state index in [0.29, 0.717) is 52.0 Å². The quantitative estimate of drug-likeness (QED) is 0.147. The Morgan fingerprint density at radius 2 is 1.67 bits per heavy atom. The van der Waals surface area contributed by atoms with Crippen molar-refractivity contribution < 1.29 is 43.1 Å². The zero-order valence-corrected chi connectivity index (χ0v) is 30.2. The standard InChI is InChI=1S/C40H38N6O9/c1-44-23-26(19-32(44)39(51)41-16-15-38(50)55-46-36(48)13-14-37(46)49)24-9-11-27(12-10-24)43-35(47)8-5-17-54-34-21-30-29(20-33(34)53-2)40(52)45-28(22-42-30)18-25-6-3-4-7-31(25)45/h3-4,6-7,9-12,19-23,28H,5,8,13-18H2,1-2H3,(H,41,51)(H,43,47)/t28-/m0/s1. The Kier molecular flexibility index (Phi) is 10.4. The van der Waals surface area contributed by atoms with Crippen LogP contribution in [0.2, 0.25) is 0 Å². The van der Waals surface area contributed by atoms with Crippen molar-refractivity contribution in [1.82, 2.24) is 14.9 Å². The number of carbonyl (C=O) groups is 6. The topological polar surface area (TPSA) is 178 Å². The predicted octanol–water partition coefficient (Wildman–Crippen LogP) is 4.51. The number of ether oxygens (including phenoxy) is 2. The van der Waals surface area contributed by atoms with Crippen molar-refractivity contribution >= 4 is 58.8 Å². The number of nitrogens with one attached hydrogen (secondary N) is 2. The highest BCUT2D eigenvalue weighted by Crippen LogP contribution is 2.41. The van der Waals surface area contributed by atoms with Crippen molar-refractivity contribution in [3.05, 3.63) is 89.7 Å². The molecule has 55 heavy (non-hydrogen) atoms. The van der Waals surface area contributed by atoms with E-state index in [1.807, 2.05) is 36.4 Å². The second-order valence-corrected chi connectivity index (χ2v) is 13.2.